The van der Waals surface area contributed by atoms with Crippen molar-refractivity contribution in [1.29, 1.82) is 0 Å². The van der Waals surface area contributed by atoms with Gasteiger partial charge in [-0.2, -0.15) is 0 Å². The lowest BCUT2D eigenvalue weighted by Crippen LogP contribution is -2.18. The van der Waals surface area contributed by atoms with E-state index in [1.807, 2.05) is 37.3 Å². The highest BCUT2D eigenvalue weighted by atomic mass is 32.2. The van der Waals surface area contributed by atoms with Crippen molar-refractivity contribution in [1.82, 2.24) is 19.6 Å². The molecule has 146 valence electrons. The summed E-state index contributed by atoms with van der Waals surface area (Å²) in [5.41, 5.74) is 4.82. The number of nitrogens with one attached hydrogen (secondary N) is 1. The van der Waals surface area contributed by atoms with Gasteiger partial charge in [0.25, 0.3) is 0 Å². The normalized spacial score (nSPS) is 14.0. The van der Waals surface area contributed by atoms with Gasteiger partial charge in [-0.25, -0.2) is 4.98 Å². The number of rotatable bonds is 5. The Morgan fingerprint density at radius 3 is 2.68 bits per heavy atom. The highest BCUT2D eigenvalue weighted by Gasteiger charge is 2.15. The molecule has 4 rings (SSSR count). The first-order valence-electron chi connectivity index (χ1n) is 9.49. The minimum Gasteiger partial charge on any atom is -0.372 e. The van der Waals surface area contributed by atoms with E-state index < -0.39 is 0 Å². The molecule has 0 bridgehead atoms. The molecule has 0 atom stereocenters. The van der Waals surface area contributed by atoms with E-state index >= 15 is 0 Å². The zero-order chi connectivity index (χ0) is 19.7. The predicted octanol–water partition coefficient (Wildman–Crippen LogP) is 3.38. The van der Waals surface area contributed by atoms with Crippen LogP contribution in [0.25, 0.3) is 5.65 Å². The lowest BCUT2D eigenvalue weighted by molar-refractivity contribution is -0.113. The number of hydrogen-bond acceptors (Lipinski definition) is 6. The number of amides is 1. The molecule has 1 saturated heterocycles. The Bertz CT molecular complexity index is 1020. The molecule has 1 N–H and O–H groups in total. The summed E-state index contributed by atoms with van der Waals surface area (Å²) in [5, 5.41) is 12.1. The molecular formula is C20H24N6OS. The van der Waals surface area contributed by atoms with E-state index in [1.165, 1.54) is 30.3 Å². The van der Waals surface area contributed by atoms with Gasteiger partial charge in [-0.1, -0.05) is 11.8 Å². The molecule has 0 unspecified atom stereocenters. The lowest BCUT2D eigenvalue weighted by atomic mass is 10.1. The summed E-state index contributed by atoms with van der Waals surface area (Å²) >= 11 is 1.36. The minimum atomic E-state index is -0.0588. The average Bonchev–Trinajstić information content (AvgIpc) is 3.31. The average molecular weight is 397 g/mol. The Labute approximate surface area is 168 Å². The van der Waals surface area contributed by atoms with Gasteiger partial charge in [-0.3, -0.25) is 9.20 Å². The van der Waals surface area contributed by atoms with Crippen molar-refractivity contribution in [2.75, 3.05) is 29.1 Å². The third kappa shape index (κ3) is 3.82. The van der Waals surface area contributed by atoms with Crippen LogP contribution >= 0.6 is 11.8 Å². The summed E-state index contributed by atoms with van der Waals surface area (Å²) < 4.78 is 1.88. The molecule has 0 aliphatic carbocycles. The van der Waals surface area contributed by atoms with Gasteiger partial charge in [0.05, 0.1) is 5.75 Å². The van der Waals surface area contributed by atoms with Crippen LogP contribution in [0.15, 0.2) is 29.4 Å². The van der Waals surface area contributed by atoms with Crippen LogP contribution in [0.1, 0.15) is 29.9 Å². The van der Waals surface area contributed by atoms with Crippen LogP contribution in [0.3, 0.4) is 0 Å². The Balaban J connectivity index is 1.41. The van der Waals surface area contributed by atoms with Crippen LogP contribution < -0.4 is 10.2 Å². The van der Waals surface area contributed by atoms with Gasteiger partial charge in [0, 0.05) is 36.2 Å². The maximum Gasteiger partial charge on any atom is 0.234 e. The van der Waals surface area contributed by atoms with Gasteiger partial charge in [0.2, 0.25) is 5.91 Å². The Hall–Kier alpha value is -2.61. The fourth-order valence-corrected chi connectivity index (χ4v) is 4.36. The number of nitrogens with zero attached hydrogens (tertiary/aromatic N) is 5. The van der Waals surface area contributed by atoms with Crippen LogP contribution in [-0.2, 0) is 4.79 Å². The van der Waals surface area contributed by atoms with Crippen molar-refractivity contribution in [2.45, 2.75) is 38.8 Å². The monoisotopic (exact) mass is 396 g/mol. The maximum absolute atomic E-state index is 12.5. The first kappa shape index (κ1) is 18.7. The first-order chi connectivity index (χ1) is 13.5. The summed E-state index contributed by atoms with van der Waals surface area (Å²) in [6, 6.07) is 8.12. The van der Waals surface area contributed by atoms with Gasteiger partial charge in [-0.15, -0.1) is 10.2 Å². The highest BCUT2D eigenvalue weighted by Crippen LogP contribution is 2.26. The molecule has 8 heteroatoms. The second-order valence-corrected chi connectivity index (χ2v) is 8.09. The Kier molecular flexibility index (Phi) is 5.21. The van der Waals surface area contributed by atoms with Gasteiger partial charge in [0.1, 0.15) is 5.82 Å². The quantitative estimate of drug-likeness (QED) is 0.667. The van der Waals surface area contributed by atoms with Crippen molar-refractivity contribution in [3.63, 3.8) is 0 Å². The molecular weight excluding hydrogens is 372 g/mol. The number of hydrogen-bond donors (Lipinski definition) is 1. The zero-order valence-electron chi connectivity index (χ0n) is 16.4. The van der Waals surface area contributed by atoms with Crippen LogP contribution in [0.5, 0.6) is 0 Å². The van der Waals surface area contributed by atoms with Crippen molar-refractivity contribution >= 4 is 34.7 Å². The smallest absolute Gasteiger partial charge is 0.234 e. The number of thioether (sulfide) groups is 1. The topological polar surface area (TPSA) is 75.4 Å². The van der Waals surface area contributed by atoms with Crippen LogP contribution in [0.4, 0.5) is 11.4 Å². The lowest BCUT2D eigenvalue weighted by Gasteiger charge is -2.19. The Morgan fingerprint density at radius 2 is 1.93 bits per heavy atom. The number of aryl methyl sites for hydroxylation is 3. The number of carbonyl (C=O) groups excluding carboxylic acids is 1. The predicted molar refractivity (Wildman–Crippen MR) is 112 cm³/mol. The van der Waals surface area contributed by atoms with E-state index in [4.69, 9.17) is 0 Å². The summed E-state index contributed by atoms with van der Waals surface area (Å²) in [4.78, 5) is 19.3. The van der Waals surface area contributed by atoms with E-state index in [2.05, 4.69) is 37.5 Å². The first-order valence-corrected chi connectivity index (χ1v) is 10.5. The van der Waals surface area contributed by atoms with Gasteiger partial charge in [0.15, 0.2) is 10.8 Å². The second-order valence-electron chi connectivity index (χ2n) is 7.15. The van der Waals surface area contributed by atoms with E-state index in [0.29, 0.717) is 5.16 Å². The standard InChI is InChI=1S/C20H24N6OS/c1-13-10-16(25-8-4-5-9-25)6-7-17(13)22-19(27)12-28-20-24-23-18-11-14(2)21-15(3)26(18)20/h6-7,10-11H,4-5,8-9,12H2,1-3H3,(H,22,27). The molecule has 0 spiro atoms. The van der Waals surface area contributed by atoms with Gasteiger partial charge < -0.3 is 10.2 Å². The second kappa shape index (κ2) is 7.79. The molecule has 1 aromatic carbocycles. The van der Waals surface area contributed by atoms with E-state index in [0.717, 1.165) is 41.5 Å². The summed E-state index contributed by atoms with van der Waals surface area (Å²) in [5.74, 6) is 1.02. The molecule has 3 aromatic rings. The third-order valence-corrected chi connectivity index (χ3v) is 5.87. The maximum atomic E-state index is 12.5. The molecule has 2 aromatic heterocycles. The van der Waals surface area contributed by atoms with Crippen LogP contribution in [0, 0.1) is 20.8 Å². The van der Waals surface area contributed by atoms with Crippen LogP contribution in [-0.4, -0.2) is 44.3 Å². The van der Waals surface area contributed by atoms with E-state index in [-0.39, 0.29) is 11.7 Å². The van der Waals surface area contributed by atoms with Crippen molar-refractivity contribution < 1.29 is 4.79 Å². The third-order valence-electron chi connectivity index (χ3n) is 4.95. The van der Waals surface area contributed by atoms with E-state index in [1.54, 1.807) is 0 Å². The summed E-state index contributed by atoms with van der Waals surface area (Å²) in [7, 11) is 0. The summed E-state index contributed by atoms with van der Waals surface area (Å²) in [6.45, 7) is 8.10. The zero-order valence-corrected chi connectivity index (χ0v) is 17.2. The molecule has 3 heterocycles. The number of anilines is 2. The van der Waals surface area contributed by atoms with Gasteiger partial charge in [-0.05, 0) is 57.4 Å². The molecule has 7 nitrogen and oxygen atoms in total. The molecule has 28 heavy (non-hydrogen) atoms. The summed E-state index contributed by atoms with van der Waals surface area (Å²) in [6.07, 6.45) is 2.50. The molecule has 0 radical (unpaired) electrons. The fourth-order valence-electron chi connectivity index (χ4n) is 3.57. The van der Waals surface area contributed by atoms with Crippen molar-refractivity contribution in [2.24, 2.45) is 0 Å². The molecule has 1 aliphatic rings. The SMILES string of the molecule is Cc1cc2nnc(SCC(=O)Nc3ccc(N4CCCC4)cc3C)n2c(C)n1. The molecule has 0 saturated carbocycles. The molecule has 1 amide bonds. The minimum absolute atomic E-state index is 0.0588. The number of carbonyl (C=O) groups is 1. The fraction of sp³-hybridized carbons (Fsp3) is 0.400. The highest BCUT2D eigenvalue weighted by molar-refractivity contribution is 7.99. The van der Waals surface area contributed by atoms with Crippen LogP contribution in [0.2, 0.25) is 0 Å². The number of benzene rings is 1. The largest absolute Gasteiger partial charge is 0.372 e. The molecule has 1 aliphatic heterocycles. The van der Waals surface area contributed by atoms with Crippen molar-refractivity contribution in [3.05, 3.63) is 41.3 Å². The Morgan fingerprint density at radius 1 is 1.14 bits per heavy atom. The van der Waals surface area contributed by atoms with E-state index in [9.17, 15) is 4.79 Å². The van der Waals surface area contributed by atoms with Crippen molar-refractivity contribution in [3.8, 4) is 0 Å². The van der Waals surface area contributed by atoms with Gasteiger partial charge >= 0.3 is 0 Å². The number of fused-ring (bicyclic) bond motifs is 1. The number of aromatic nitrogens is 4. The molecule has 1 fully saturated rings.